The first-order chi connectivity index (χ1) is 9.04. The van der Waals surface area contributed by atoms with Gasteiger partial charge in [-0.1, -0.05) is 34.8 Å². The van der Waals surface area contributed by atoms with Gasteiger partial charge in [0, 0.05) is 4.47 Å². The molecule has 4 nitrogen and oxygen atoms in total. The lowest BCUT2D eigenvalue weighted by Crippen LogP contribution is -2.00. The van der Waals surface area contributed by atoms with Crippen LogP contribution in [0.5, 0.6) is 5.75 Å². The molecule has 0 radical (unpaired) electrons. The molecule has 1 aromatic carbocycles. The topological polar surface area (TPSA) is 47.0 Å². The second kappa shape index (κ2) is 6.13. The molecule has 19 heavy (non-hydrogen) atoms. The average molecular weight is 383 g/mol. The Labute approximate surface area is 133 Å². The molecule has 0 aliphatic carbocycles. The van der Waals surface area contributed by atoms with Crippen LogP contribution in [0.25, 0.3) is 0 Å². The maximum absolute atomic E-state index is 6.14. The smallest absolute Gasteiger partial charge is 0.199 e. The van der Waals surface area contributed by atoms with Crippen LogP contribution in [0.1, 0.15) is 0 Å². The minimum absolute atomic E-state index is 0.208. The summed E-state index contributed by atoms with van der Waals surface area (Å²) in [7, 11) is 1.48. The maximum Gasteiger partial charge on any atom is 0.199 e. The van der Waals surface area contributed by atoms with E-state index < -0.39 is 0 Å². The highest BCUT2D eigenvalue weighted by molar-refractivity contribution is 9.10. The summed E-state index contributed by atoms with van der Waals surface area (Å²) < 4.78 is 5.84. The van der Waals surface area contributed by atoms with E-state index in [1.807, 2.05) is 0 Å². The van der Waals surface area contributed by atoms with Crippen LogP contribution in [-0.4, -0.2) is 17.1 Å². The van der Waals surface area contributed by atoms with Crippen molar-refractivity contribution in [2.24, 2.45) is 0 Å². The van der Waals surface area contributed by atoms with Crippen LogP contribution in [0.2, 0.25) is 15.2 Å². The summed E-state index contributed by atoms with van der Waals surface area (Å²) in [5, 5.41) is 3.99. The van der Waals surface area contributed by atoms with Gasteiger partial charge in [-0.3, -0.25) is 0 Å². The van der Waals surface area contributed by atoms with Crippen LogP contribution in [0.15, 0.2) is 22.9 Å². The average Bonchev–Trinajstić information content (AvgIpc) is 2.40. The number of aromatic nitrogens is 2. The Morgan fingerprint density at radius 1 is 1.16 bits per heavy atom. The van der Waals surface area contributed by atoms with Gasteiger partial charge in [-0.15, -0.1) is 0 Å². The van der Waals surface area contributed by atoms with Crippen molar-refractivity contribution in [3.8, 4) is 5.75 Å². The number of methoxy groups -OCH3 is 1. The fraction of sp³-hybridized carbons (Fsp3) is 0.0909. The number of benzene rings is 1. The lowest BCUT2D eigenvalue weighted by Gasteiger charge is -2.12. The Morgan fingerprint density at radius 3 is 2.58 bits per heavy atom. The van der Waals surface area contributed by atoms with Gasteiger partial charge < -0.3 is 10.1 Å². The van der Waals surface area contributed by atoms with E-state index in [-0.39, 0.29) is 5.15 Å². The number of ether oxygens (including phenoxy) is 1. The number of nitrogens with one attached hydrogen (secondary N) is 1. The zero-order chi connectivity index (χ0) is 14.0. The van der Waals surface area contributed by atoms with Crippen LogP contribution >= 0.6 is 50.7 Å². The lowest BCUT2D eigenvalue weighted by molar-refractivity contribution is 0.413. The molecule has 1 aromatic heterocycles. The van der Waals surface area contributed by atoms with Crippen LogP contribution in [-0.2, 0) is 0 Å². The zero-order valence-corrected chi connectivity index (χ0v) is 13.4. The third kappa shape index (κ3) is 3.05. The van der Waals surface area contributed by atoms with Crippen molar-refractivity contribution in [2.45, 2.75) is 0 Å². The molecule has 0 saturated heterocycles. The van der Waals surface area contributed by atoms with Crippen molar-refractivity contribution < 1.29 is 4.74 Å². The van der Waals surface area contributed by atoms with Crippen molar-refractivity contribution in [2.75, 3.05) is 12.4 Å². The van der Waals surface area contributed by atoms with Crippen LogP contribution in [0, 0.1) is 0 Å². The molecule has 2 rings (SSSR count). The number of anilines is 2. The number of halogens is 4. The first-order valence-corrected chi connectivity index (χ1v) is 6.92. The second-order valence-electron chi connectivity index (χ2n) is 3.39. The van der Waals surface area contributed by atoms with E-state index >= 15 is 0 Å². The molecule has 100 valence electrons. The van der Waals surface area contributed by atoms with Crippen molar-refractivity contribution in [3.63, 3.8) is 0 Å². The van der Waals surface area contributed by atoms with Crippen LogP contribution in [0.3, 0.4) is 0 Å². The van der Waals surface area contributed by atoms with E-state index in [0.29, 0.717) is 31.8 Å². The Bertz CT molecular complexity index is 624. The summed E-state index contributed by atoms with van der Waals surface area (Å²) in [4.78, 5) is 7.88. The quantitative estimate of drug-likeness (QED) is 0.602. The molecule has 0 aliphatic heterocycles. The van der Waals surface area contributed by atoms with Gasteiger partial charge in [0.15, 0.2) is 16.7 Å². The summed E-state index contributed by atoms with van der Waals surface area (Å²) >= 11 is 21.4. The largest absolute Gasteiger partial charge is 0.490 e. The molecule has 8 heteroatoms. The number of hydrogen-bond acceptors (Lipinski definition) is 4. The fourth-order valence-corrected chi connectivity index (χ4v) is 2.40. The molecule has 0 aliphatic rings. The Hall–Kier alpha value is -0.750. The van der Waals surface area contributed by atoms with Gasteiger partial charge in [0.2, 0.25) is 0 Å². The Balaban J connectivity index is 2.42. The molecular weight excluding hydrogens is 376 g/mol. The molecule has 0 saturated carbocycles. The van der Waals surface area contributed by atoms with Gasteiger partial charge in [-0.25, -0.2) is 9.97 Å². The zero-order valence-electron chi connectivity index (χ0n) is 9.55. The molecule has 0 amide bonds. The molecule has 2 aromatic rings. The summed E-state index contributed by atoms with van der Waals surface area (Å²) in [5.74, 6) is 0.738. The fourth-order valence-electron chi connectivity index (χ4n) is 1.37. The van der Waals surface area contributed by atoms with Crippen molar-refractivity contribution in [1.29, 1.82) is 0 Å². The molecule has 0 bridgehead atoms. The number of nitrogens with zero attached hydrogens (tertiary/aromatic N) is 2. The van der Waals surface area contributed by atoms with Crippen LogP contribution in [0.4, 0.5) is 11.5 Å². The molecule has 0 unspecified atom stereocenters. The van der Waals surface area contributed by atoms with E-state index in [9.17, 15) is 0 Å². The summed E-state index contributed by atoms with van der Waals surface area (Å²) in [6, 6.07) is 3.53. The van der Waals surface area contributed by atoms with Gasteiger partial charge in [-0.2, -0.15) is 0 Å². The predicted molar refractivity (Wildman–Crippen MR) is 81.0 cm³/mol. The van der Waals surface area contributed by atoms with Crippen molar-refractivity contribution in [1.82, 2.24) is 9.97 Å². The lowest BCUT2D eigenvalue weighted by atomic mass is 10.3. The highest BCUT2D eigenvalue weighted by atomic mass is 79.9. The third-order valence-corrected chi connectivity index (χ3v) is 4.29. The van der Waals surface area contributed by atoms with Crippen LogP contribution < -0.4 is 10.1 Å². The van der Waals surface area contributed by atoms with Crippen molar-refractivity contribution >= 4 is 62.2 Å². The predicted octanol–water partition coefficient (Wildman–Crippen LogP) is 4.95. The first kappa shape index (κ1) is 14.7. The standard InChI is InChI=1S/C11H7BrCl3N3O/c1-19-9-10(15)16-4-17-11(9)18-6-3-2-5(12)7(13)8(6)14/h2-4H,1H3,(H,16,17,18). The Morgan fingerprint density at radius 2 is 1.89 bits per heavy atom. The third-order valence-electron chi connectivity index (χ3n) is 2.25. The van der Waals surface area contributed by atoms with E-state index in [0.717, 1.165) is 0 Å². The summed E-state index contributed by atoms with van der Waals surface area (Å²) in [6.45, 7) is 0. The van der Waals surface area contributed by atoms with Gasteiger partial charge in [0.25, 0.3) is 0 Å². The van der Waals surface area contributed by atoms with E-state index in [4.69, 9.17) is 39.5 Å². The van der Waals surface area contributed by atoms with E-state index in [2.05, 4.69) is 31.2 Å². The minimum Gasteiger partial charge on any atom is -0.490 e. The molecule has 1 N–H and O–H groups in total. The maximum atomic E-state index is 6.14. The molecule has 1 heterocycles. The Kier molecular flexibility index (Phi) is 4.73. The molecule has 0 fully saturated rings. The van der Waals surface area contributed by atoms with Gasteiger partial charge in [0.1, 0.15) is 6.33 Å². The van der Waals surface area contributed by atoms with Gasteiger partial charge in [0.05, 0.1) is 22.8 Å². The van der Waals surface area contributed by atoms with E-state index in [1.54, 1.807) is 12.1 Å². The molecule has 0 spiro atoms. The normalized spacial score (nSPS) is 10.4. The highest BCUT2D eigenvalue weighted by Gasteiger charge is 2.14. The number of rotatable bonds is 3. The minimum atomic E-state index is 0.208. The van der Waals surface area contributed by atoms with Crippen molar-refractivity contribution in [3.05, 3.63) is 38.1 Å². The summed E-state index contributed by atoms with van der Waals surface area (Å²) in [5.41, 5.74) is 0.586. The monoisotopic (exact) mass is 381 g/mol. The molecule has 0 atom stereocenters. The number of hydrogen-bond donors (Lipinski definition) is 1. The van der Waals surface area contributed by atoms with Gasteiger partial charge >= 0.3 is 0 Å². The highest BCUT2D eigenvalue weighted by Crippen LogP contribution is 2.38. The van der Waals surface area contributed by atoms with Gasteiger partial charge in [-0.05, 0) is 28.1 Å². The molecular formula is C11H7BrCl3N3O. The van der Waals surface area contributed by atoms with E-state index in [1.165, 1.54) is 13.4 Å². The summed E-state index contributed by atoms with van der Waals surface area (Å²) in [6.07, 6.45) is 1.32. The second-order valence-corrected chi connectivity index (χ2v) is 5.36. The first-order valence-electron chi connectivity index (χ1n) is 4.99. The SMILES string of the molecule is COc1c(Cl)ncnc1Nc1ccc(Br)c(Cl)c1Cl.